The number of nitrogens with zero attached hydrogens (tertiary/aromatic N) is 2. The Balaban J connectivity index is 0.00000144. The number of carbonyl (C=O) groups excluding carboxylic acids is 1. The molecule has 2 rings (SSSR count). The van der Waals surface area contributed by atoms with Crippen LogP contribution in [0.15, 0.2) is 24.3 Å². The molecule has 3 nitrogen and oxygen atoms in total. The highest BCUT2D eigenvalue weighted by molar-refractivity contribution is 5.94. The van der Waals surface area contributed by atoms with Crippen molar-refractivity contribution in [2.75, 3.05) is 33.2 Å². The Kier molecular flexibility index (Phi) is 4.70. The molecule has 0 aliphatic carbocycles. The molecule has 0 bridgehead atoms. The van der Waals surface area contributed by atoms with E-state index in [0.29, 0.717) is 0 Å². The lowest BCUT2D eigenvalue weighted by Crippen LogP contribution is -2.47. The molecule has 1 aromatic rings. The standard InChI is InChI=1S/C13H18N2O.CH4/c1-11-3-5-12(6-4-11)13(16)15-9-7-14(2)8-10-15;/h3-6H,7-10H2,1-2H3;1H4. The molecule has 1 aliphatic heterocycles. The van der Waals surface area contributed by atoms with E-state index in [9.17, 15) is 4.79 Å². The summed E-state index contributed by atoms with van der Waals surface area (Å²) in [5, 5.41) is 0. The van der Waals surface area contributed by atoms with E-state index in [4.69, 9.17) is 0 Å². The maximum Gasteiger partial charge on any atom is 0.253 e. The molecule has 1 saturated heterocycles. The molecular formula is C14H22N2O. The van der Waals surface area contributed by atoms with Crippen LogP contribution in [0.3, 0.4) is 0 Å². The van der Waals surface area contributed by atoms with Gasteiger partial charge in [-0.15, -0.1) is 0 Å². The Morgan fingerprint density at radius 2 is 1.59 bits per heavy atom. The van der Waals surface area contributed by atoms with Crippen LogP contribution in [0.25, 0.3) is 0 Å². The molecular weight excluding hydrogens is 212 g/mol. The van der Waals surface area contributed by atoms with Crippen molar-refractivity contribution in [2.24, 2.45) is 0 Å². The van der Waals surface area contributed by atoms with Crippen LogP contribution in [0.5, 0.6) is 0 Å². The van der Waals surface area contributed by atoms with Gasteiger partial charge in [0.25, 0.3) is 5.91 Å². The van der Waals surface area contributed by atoms with Crippen LogP contribution in [-0.2, 0) is 0 Å². The first-order chi connectivity index (χ1) is 7.66. The van der Waals surface area contributed by atoms with Crippen LogP contribution in [0, 0.1) is 6.92 Å². The minimum absolute atomic E-state index is 0. The van der Waals surface area contributed by atoms with E-state index in [1.165, 1.54) is 5.56 Å². The Labute approximate surface area is 104 Å². The van der Waals surface area contributed by atoms with Gasteiger partial charge in [-0.2, -0.15) is 0 Å². The second kappa shape index (κ2) is 5.82. The number of piperazine rings is 1. The van der Waals surface area contributed by atoms with E-state index in [-0.39, 0.29) is 13.3 Å². The van der Waals surface area contributed by atoms with Crippen LogP contribution in [0.4, 0.5) is 0 Å². The van der Waals surface area contributed by atoms with E-state index >= 15 is 0 Å². The smallest absolute Gasteiger partial charge is 0.253 e. The molecule has 17 heavy (non-hydrogen) atoms. The van der Waals surface area contributed by atoms with Crippen molar-refractivity contribution in [1.29, 1.82) is 0 Å². The third-order valence-corrected chi connectivity index (χ3v) is 3.09. The number of rotatable bonds is 1. The molecule has 0 N–H and O–H groups in total. The summed E-state index contributed by atoms with van der Waals surface area (Å²) in [6.45, 7) is 5.64. The van der Waals surface area contributed by atoms with Gasteiger partial charge in [0, 0.05) is 31.7 Å². The fraction of sp³-hybridized carbons (Fsp3) is 0.500. The van der Waals surface area contributed by atoms with Gasteiger partial charge in [-0.25, -0.2) is 0 Å². The summed E-state index contributed by atoms with van der Waals surface area (Å²) in [6.07, 6.45) is 0. The Hall–Kier alpha value is -1.35. The van der Waals surface area contributed by atoms with Crippen LogP contribution in [0.2, 0.25) is 0 Å². The van der Waals surface area contributed by atoms with Crippen LogP contribution >= 0.6 is 0 Å². The summed E-state index contributed by atoms with van der Waals surface area (Å²) in [5.74, 6) is 0.160. The van der Waals surface area contributed by atoms with Gasteiger partial charge in [-0.05, 0) is 26.1 Å². The van der Waals surface area contributed by atoms with Gasteiger partial charge in [-0.1, -0.05) is 25.1 Å². The maximum atomic E-state index is 12.1. The zero-order valence-electron chi connectivity index (χ0n) is 9.94. The quantitative estimate of drug-likeness (QED) is 0.742. The zero-order valence-corrected chi connectivity index (χ0v) is 9.94. The Morgan fingerprint density at radius 3 is 2.12 bits per heavy atom. The van der Waals surface area contributed by atoms with Gasteiger partial charge in [-0.3, -0.25) is 4.79 Å². The van der Waals surface area contributed by atoms with E-state index in [1.54, 1.807) is 0 Å². The van der Waals surface area contributed by atoms with Crippen molar-refractivity contribution in [3.05, 3.63) is 35.4 Å². The highest BCUT2D eigenvalue weighted by Crippen LogP contribution is 2.09. The minimum atomic E-state index is 0. The number of hydrogen-bond donors (Lipinski definition) is 0. The molecule has 1 fully saturated rings. The summed E-state index contributed by atoms with van der Waals surface area (Å²) in [7, 11) is 2.09. The lowest BCUT2D eigenvalue weighted by molar-refractivity contribution is 0.0664. The number of carbonyl (C=O) groups is 1. The SMILES string of the molecule is C.Cc1ccc(C(=O)N2CCN(C)CC2)cc1. The molecule has 0 unspecified atom stereocenters. The average Bonchev–Trinajstić information content (AvgIpc) is 2.30. The Morgan fingerprint density at radius 1 is 1.06 bits per heavy atom. The van der Waals surface area contributed by atoms with E-state index in [0.717, 1.165) is 31.7 Å². The second-order valence-electron chi connectivity index (χ2n) is 4.46. The first-order valence-electron chi connectivity index (χ1n) is 5.71. The number of aryl methyl sites for hydroxylation is 1. The molecule has 0 aromatic heterocycles. The normalized spacial score (nSPS) is 16.5. The van der Waals surface area contributed by atoms with E-state index < -0.39 is 0 Å². The molecule has 1 aromatic carbocycles. The fourth-order valence-corrected chi connectivity index (χ4v) is 1.89. The molecule has 3 heteroatoms. The van der Waals surface area contributed by atoms with Gasteiger partial charge in [0.2, 0.25) is 0 Å². The maximum absolute atomic E-state index is 12.1. The number of hydrogen-bond acceptors (Lipinski definition) is 2. The van der Waals surface area contributed by atoms with E-state index in [1.807, 2.05) is 36.1 Å². The van der Waals surface area contributed by atoms with Gasteiger partial charge in [0.05, 0.1) is 0 Å². The first kappa shape index (κ1) is 13.7. The zero-order chi connectivity index (χ0) is 11.5. The topological polar surface area (TPSA) is 23.6 Å². The fourth-order valence-electron chi connectivity index (χ4n) is 1.89. The highest BCUT2D eigenvalue weighted by atomic mass is 16.2. The largest absolute Gasteiger partial charge is 0.336 e. The number of likely N-dealkylation sites (N-methyl/N-ethyl adjacent to an activating group) is 1. The molecule has 1 aliphatic rings. The summed E-state index contributed by atoms with van der Waals surface area (Å²) in [6, 6.07) is 7.80. The molecule has 0 atom stereocenters. The van der Waals surface area contributed by atoms with Crippen LogP contribution < -0.4 is 0 Å². The second-order valence-corrected chi connectivity index (χ2v) is 4.46. The predicted octanol–water partition coefficient (Wildman–Crippen LogP) is 2.02. The van der Waals surface area contributed by atoms with Crippen molar-refractivity contribution < 1.29 is 4.79 Å². The molecule has 1 heterocycles. The summed E-state index contributed by atoms with van der Waals surface area (Å²) < 4.78 is 0. The van der Waals surface area contributed by atoms with Gasteiger partial charge in [0.15, 0.2) is 0 Å². The van der Waals surface area contributed by atoms with Crippen molar-refractivity contribution in [1.82, 2.24) is 9.80 Å². The van der Waals surface area contributed by atoms with Crippen molar-refractivity contribution in [3.63, 3.8) is 0 Å². The van der Waals surface area contributed by atoms with Gasteiger partial charge >= 0.3 is 0 Å². The number of amides is 1. The molecule has 0 saturated carbocycles. The van der Waals surface area contributed by atoms with Gasteiger partial charge in [0.1, 0.15) is 0 Å². The van der Waals surface area contributed by atoms with Crippen LogP contribution in [0.1, 0.15) is 23.3 Å². The number of benzene rings is 1. The van der Waals surface area contributed by atoms with Crippen molar-refractivity contribution in [3.8, 4) is 0 Å². The first-order valence-corrected chi connectivity index (χ1v) is 5.71. The highest BCUT2D eigenvalue weighted by Gasteiger charge is 2.19. The summed E-state index contributed by atoms with van der Waals surface area (Å²) in [4.78, 5) is 16.3. The average molecular weight is 234 g/mol. The minimum Gasteiger partial charge on any atom is -0.336 e. The predicted molar refractivity (Wildman–Crippen MR) is 71.3 cm³/mol. The van der Waals surface area contributed by atoms with Gasteiger partial charge < -0.3 is 9.80 Å². The lowest BCUT2D eigenvalue weighted by Gasteiger charge is -2.32. The van der Waals surface area contributed by atoms with E-state index in [2.05, 4.69) is 11.9 Å². The molecule has 0 radical (unpaired) electrons. The summed E-state index contributed by atoms with van der Waals surface area (Å²) >= 11 is 0. The molecule has 94 valence electrons. The third-order valence-electron chi connectivity index (χ3n) is 3.09. The van der Waals surface area contributed by atoms with Crippen molar-refractivity contribution >= 4 is 5.91 Å². The monoisotopic (exact) mass is 234 g/mol. The molecule has 1 amide bonds. The summed E-state index contributed by atoms with van der Waals surface area (Å²) in [5.41, 5.74) is 1.99. The van der Waals surface area contributed by atoms with Crippen molar-refractivity contribution in [2.45, 2.75) is 14.4 Å². The van der Waals surface area contributed by atoms with Crippen LogP contribution in [-0.4, -0.2) is 48.9 Å². The lowest BCUT2D eigenvalue weighted by atomic mass is 10.1. The molecule has 0 spiro atoms. The Bertz CT molecular complexity index is 364. The third kappa shape index (κ3) is 3.30.